The first kappa shape index (κ1) is 80.6. The van der Waals surface area contributed by atoms with Crippen LogP contribution in [0.2, 0.25) is 0 Å². The lowest BCUT2D eigenvalue weighted by Gasteiger charge is -2.41. The fourth-order valence-electron chi connectivity index (χ4n) is 11.4. The number of hydrogen-bond donors (Lipinski definition) is 6. The maximum atomic E-state index is 13.5. The molecule has 85 heavy (non-hydrogen) atoms. The number of nitrogens with one attached hydrogen (secondary N) is 1. The number of hydrogen-bond acceptors (Lipinski definition) is 10. The van der Waals surface area contributed by atoms with E-state index in [9.17, 15) is 35.1 Å². The fourth-order valence-corrected chi connectivity index (χ4v) is 11.4. The van der Waals surface area contributed by atoms with Crippen LogP contribution in [0.25, 0.3) is 0 Å². The molecule has 0 aliphatic carbocycles. The molecule has 498 valence electrons. The molecule has 1 heterocycles. The van der Waals surface area contributed by atoms with E-state index in [4.69, 9.17) is 14.2 Å². The Morgan fingerprint density at radius 3 is 1.24 bits per heavy atom. The maximum Gasteiger partial charge on any atom is 0.306 e. The molecule has 11 heteroatoms. The zero-order chi connectivity index (χ0) is 61.7. The van der Waals surface area contributed by atoms with E-state index in [1.54, 1.807) is 6.08 Å². The molecule has 0 radical (unpaired) electrons. The summed E-state index contributed by atoms with van der Waals surface area (Å²) in [5, 5.41) is 57.3. The van der Waals surface area contributed by atoms with Crippen molar-refractivity contribution in [2.24, 2.45) is 0 Å². The summed E-state index contributed by atoms with van der Waals surface area (Å²) in [7, 11) is 0. The number of rotatable bonds is 63. The first-order valence-electron chi connectivity index (χ1n) is 36.4. The van der Waals surface area contributed by atoms with Gasteiger partial charge >= 0.3 is 5.97 Å². The highest BCUT2D eigenvalue weighted by Gasteiger charge is 2.47. The summed E-state index contributed by atoms with van der Waals surface area (Å²) >= 11 is 0. The Morgan fingerprint density at radius 2 is 0.812 bits per heavy atom. The molecule has 0 aromatic rings. The number of amides is 1. The zero-order valence-corrected chi connectivity index (χ0v) is 55.5. The van der Waals surface area contributed by atoms with Crippen molar-refractivity contribution in [3.8, 4) is 0 Å². The normalized spacial score (nSPS) is 18.6. The van der Waals surface area contributed by atoms with Gasteiger partial charge in [0.25, 0.3) is 0 Å². The molecule has 1 amide bonds. The summed E-state index contributed by atoms with van der Waals surface area (Å²) in [6.45, 7) is 5.81. The van der Waals surface area contributed by atoms with Crippen LogP contribution in [-0.2, 0) is 23.8 Å². The van der Waals surface area contributed by atoms with E-state index in [-0.39, 0.29) is 13.0 Å². The summed E-state index contributed by atoms with van der Waals surface area (Å²) in [5.74, 6) is -1.18. The molecule has 1 rings (SSSR count). The number of ether oxygens (including phenoxy) is 3. The minimum absolute atomic E-state index is 0.123. The Morgan fingerprint density at radius 1 is 0.459 bits per heavy atom. The van der Waals surface area contributed by atoms with Gasteiger partial charge in [-0.05, 0) is 83.5 Å². The lowest BCUT2D eigenvalue weighted by atomic mass is 9.99. The second-order valence-electron chi connectivity index (χ2n) is 25.3. The van der Waals surface area contributed by atoms with Crippen LogP contribution in [0.1, 0.15) is 348 Å². The number of unbranched alkanes of at least 4 members (excludes halogenated alkanes) is 43. The zero-order valence-electron chi connectivity index (χ0n) is 55.5. The van der Waals surface area contributed by atoms with Crippen LogP contribution >= 0.6 is 0 Å². The quantitative estimate of drug-likeness (QED) is 0.0195. The topological polar surface area (TPSA) is 175 Å². The van der Waals surface area contributed by atoms with Crippen molar-refractivity contribution < 1.29 is 49.3 Å². The maximum absolute atomic E-state index is 13.5. The lowest BCUT2D eigenvalue weighted by molar-refractivity contribution is -0.305. The van der Waals surface area contributed by atoms with Crippen LogP contribution in [0.4, 0.5) is 0 Å². The molecule has 0 aromatic carbocycles. The number of esters is 1. The van der Waals surface area contributed by atoms with Crippen LogP contribution in [0, 0.1) is 0 Å². The van der Waals surface area contributed by atoms with Crippen LogP contribution in [0.5, 0.6) is 0 Å². The van der Waals surface area contributed by atoms with Gasteiger partial charge < -0.3 is 45.1 Å². The van der Waals surface area contributed by atoms with Crippen LogP contribution in [0.3, 0.4) is 0 Å². The van der Waals surface area contributed by atoms with Crippen molar-refractivity contribution in [1.82, 2.24) is 5.32 Å². The summed E-state index contributed by atoms with van der Waals surface area (Å²) in [5.41, 5.74) is 0. The molecule has 1 saturated heterocycles. The van der Waals surface area contributed by atoms with Gasteiger partial charge in [0.2, 0.25) is 5.91 Å². The molecule has 0 spiro atoms. The molecule has 8 atom stereocenters. The van der Waals surface area contributed by atoms with Gasteiger partial charge in [-0.1, -0.05) is 307 Å². The van der Waals surface area contributed by atoms with Gasteiger partial charge in [-0.2, -0.15) is 0 Å². The van der Waals surface area contributed by atoms with Crippen molar-refractivity contribution >= 4 is 11.9 Å². The Balaban J connectivity index is 2.58. The van der Waals surface area contributed by atoms with Crippen LogP contribution < -0.4 is 5.32 Å². The molecule has 0 saturated carbocycles. The van der Waals surface area contributed by atoms with Gasteiger partial charge in [-0.25, -0.2) is 0 Å². The molecule has 8 unspecified atom stereocenters. The minimum Gasteiger partial charge on any atom is -0.454 e. The van der Waals surface area contributed by atoms with E-state index < -0.39 is 67.4 Å². The number of allylic oxidation sites excluding steroid dienone is 7. The van der Waals surface area contributed by atoms with E-state index in [0.29, 0.717) is 19.3 Å². The predicted octanol–water partition coefficient (Wildman–Crippen LogP) is 18.7. The third kappa shape index (κ3) is 49.1. The highest BCUT2D eigenvalue weighted by molar-refractivity contribution is 5.80. The largest absolute Gasteiger partial charge is 0.454 e. The number of carbonyl (C=O) groups is 2. The molecule has 0 bridgehead atoms. The summed E-state index contributed by atoms with van der Waals surface area (Å²) < 4.78 is 17.7. The SMILES string of the molecule is CCCCC/C=C\C/C=C\CCCCCCCCCCCCCC(=O)OC1C(OCC(NC(=O)C(O)CCCCCCCCCCCCCC/C=C/CCCCCCCC)C(O)/C=C/CCCCCCCCCCCCC)OC(CO)C(O)C1O. The Bertz CT molecular complexity index is 1570. The van der Waals surface area contributed by atoms with E-state index in [0.717, 1.165) is 64.2 Å². The lowest BCUT2D eigenvalue weighted by Crippen LogP contribution is -2.61. The van der Waals surface area contributed by atoms with Gasteiger partial charge in [0.1, 0.15) is 24.4 Å². The second kappa shape index (κ2) is 61.8. The third-order valence-electron chi connectivity index (χ3n) is 17.2. The summed E-state index contributed by atoms with van der Waals surface area (Å²) in [6, 6.07) is -1.02. The molecule has 0 aromatic heterocycles. The van der Waals surface area contributed by atoms with Gasteiger partial charge in [0.15, 0.2) is 12.4 Å². The fraction of sp³-hybridized carbons (Fsp3) is 0.865. The molecule has 1 aliphatic heterocycles. The predicted molar refractivity (Wildman–Crippen MR) is 357 cm³/mol. The van der Waals surface area contributed by atoms with Crippen molar-refractivity contribution in [2.75, 3.05) is 13.2 Å². The molecule has 1 fully saturated rings. The van der Waals surface area contributed by atoms with E-state index >= 15 is 0 Å². The van der Waals surface area contributed by atoms with Crippen molar-refractivity contribution in [3.63, 3.8) is 0 Å². The summed E-state index contributed by atoms with van der Waals surface area (Å²) in [4.78, 5) is 26.7. The molecular weight excluding hydrogens is 1060 g/mol. The Kier molecular flexibility index (Phi) is 58.7. The highest BCUT2D eigenvalue weighted by atomic mass is 16.7. The molecule has 1 aliphatic rings. The average Bonchev–Trinajstić information content (AvgIpc) is 2.48. The number of aliphatic hydroxyl groups excluding tert-OH is 5. The van der Waals surface area contributed by atoms with E-state index in [1.807, 2.05) is 6.08 Å². The third-order valence-corrected chi connectivity index (χ3v) is 17.2. The Hall–Kier alpha value is -2.38. The standard InChI is InChI=1S/C74H137NO10/c1-4-7-10-13-16-19-22-25-27-29-31-33-35-36-38-40-43-46-49-52-55-58-61-67(78)73(82)75-65(66(77)60-57-54-51-48-45-42-24-21-18-15-12-9-6-3)64-83-74-72(71(81)70(80)68(63-76)84-74)85-69(79)62-59-56-53-50-47-44-41-39-37-34-32-30-28-26-23-20-17-14-11-8-5-2/h17,20,25-28,57,60,65-68,70-72,74,76-78,80-81H,4-16,18-19,21-24,29-56,58-59,61-64H2,1-3H3,(H,75,82)/b20-17-,27-25+,28-26-,60-57+. The van der Waals surface area contributed by atoms with E-state index in [1.165, 1.54) is 238 Å². The monoisotopic (exact) mass is 1200 g/mol. The Labute approximate surface area is 523 Å². The van der Waals surface area contributed by atoms with Crippen molar-refractivity contribution in [1.29, 1.82) is 0 Å². The highest BCUT2D eigenvalue weighted by Crippen LogP contribution is 2.26. The van der Waals surface area contributed by atoms with Crippen molar-refractivity contribution in [3.05, 3.63) is 48.6 Å². The molecular formula is C74H137NO10. The van der Waals surface area contributed by atoms with Crippen molar-refractivity contribution in [2.45, 2.75) is 397 Å². The number of carbonyl (C=O) groups excluding carboxylic acids is 2. The summed E-state index contributed by atoms with van der Waals surface area (Å²) in [6.07, 6.45) is 67.2. The van der Waals surface area contributed by atoms with Gasteiger partial charge in [-0.3, -0.25) is 9.59 Å². The van der Waals surface area contributed by atoms with Gasteiger partial charge in [-0.15, -0.1) is 0 Å². The number of aliphatic hydroxyl groups is 5. The smallest absolute Gasteiger partial charge is 0.306 e. The average molecular weight is 1200 g/mol. The molecule has 11 nitrogen and oxygen atoms in total. The second-order valence-corrected chi connectivity index (χ2v) is 25.3. The van der Waals surface area contributed by atoms with Gasteiger partial charge in [0.05, 0.1) is 25.4 Å². The first-order valence-corrected chi connectivity index (χ1v) is 36.4. The van der Waals surface area contributed by atoms with E-state index in [2.05, 4.69) is 62.5 Å². The van der Waals surface area contributed by atoms with Crippen LogP contribution in [0.15, 0.2) is 48.6 Å². The van der Waals surface area contributed by atoms with Crippen LogP contribution in [-0.4, -0.2) is 99.6 Å². The van der Waals surface area contributed by atoms with Gasteiger partial charge in [0, 0.05) is 6.42 Å². The first-order chi connectivity index (χ1) is 41.7. The molecule has 6 N–H and O–H groups in total. The minimum atomic E-state index is -1.61.